The SMILES string of the molecule is COc1cccc(NC(=O)C(C)(C)Oc2ccc(Cl)cc2)c1. The predicted octanol–water partition coefficient (Wildman–Crippen LogP) is 4.14. The van der Waals surface area contributed by atoms with Crippen molar-refractivity contribution in [3.8, 4) is 11.5 Å². The summed E-state index contributed by atoms with van der Waals surface area (Å²) in [5, 5.41) is 3.44. The van der Waals surface area contributed by atoms with E-state index in [9.17, 15) is 4.79 Å². The second kappa shape index (κ2) is 6.71. The number of amides is 1. The van der Waals surface area contributed by atoms with Gasteiger partial charge in [0.05, 0.1) is 7.11 Å². The van der Waals surface area contributed by atoms with Crippen LogP contribution in [0, 0.1) is 0 Å². The maximum atomic E-state index is 12.4. The molecule has 5 heteroatoms. The van der Waals surface area contributed by atoms with E-state index >= 15 is 0 Å². The summed E-state index contributed by atoms with van der Waals surface area (Å²) in [5.74, 6) is 1.00. The molecule has 2 aromatic rings. The average Bonchev–Trinajstić information content (AvgIpc) is 2.49. The normalized spacial score (nSPS) is 10.9. The molecule has 0 aliphatic heterocycles. The van der Waals surface area contributed by atoms with Crippen molar-refractivity contribution in [2.45, 2.75) is 19.4 Å². The Morgan fingerprint density at radius 2 is 1.77 bits per heavy atom. The van der Waals surface area contributed by atoms with Crippen molar-refractivity contribution < 1.29 is 14.3 Å². The number of halogens is 1. The van der Waals surface area contributed by atoms with Gasteiger partial charge >= 0.3 is 0 Å². The Morgan fingerprint density at radius 3 is 2.41 bits per heavy atom. The highest BCUT2D eigenvalue weighted by Gasteiger charge is 2.30. The zero-order valence-corrected chi connectivity index (χ0v) is 13.5. The average molecular weight is 320 g/mol. The van der Waals surface area contributed by atoms with Crippen LogP contribution in [0.5, 0.6) is 11.5 Å². The van der Waals surface area contributed by atoms with Crippen molar-refractivity contribution in [1.29, 1.82) is 0 Å². The zero-order valence-electron chi connectivity index (χ0n) is 12.7. The molecule has 2 rings (SSSR count). The second-order valence-electron chi connectivity index (χ2n) is 5.25. The number of nitrogens with one attached hydrogen (secondary N) is 1. The topological polar surface area (TPSA) is 47.6 Å². The summed E-state index contributed by atoms with van der Waals surface area (Å²) in [4.78, 5) is 12.4. The third-order valence-corrected chi connectivity index (χ3v) is 3.31. The van der Waals surface area contributed by atoms with Gasteiger partial charge in [-0.05, 0) is 50.2 Å². The molecule has 0 aliphatic carbocycles. The van der Waals surface area contributed by atoms with Gasteiger partial charge in [-0.1, -0.05) is 17.7 Å². The predicted molar refractivity (Wildman–Crippen MR) is 87.8 cm³/mol. The Kier molecular flexibility index (Phi) is 4.93. The van der Waals surface area contributed by atoms with Crippen LogP contribution in [-0.2, 0) is 4.79 Å². The molecule has 0 bridgehead atoms. The smallest absolute Gasteiger partial charge is 0.267 e. The molecule has 0 unspecified atom stereocenters. The van der Waals surface area contributed by atoms with Gasteiger partial charge in [0.15, 0.2) is 5.60 Å². The van der Waals surface area contributed by atoms with Gasteiger partial charge in [0.2, 0.25) is 0 Å². The number of hydrogen-bond acceptors (Lipinski definition) is 3. The summed E-state index contributed by atoms with van der Waals surface area (Å²) in [6.45, 7) is 3.41. The van der Waals surface area contributed by atoms with Crippen molar-refractivity contribution in [2.24, 2.45) is 0 Å². The first-order valence-electron chi connectivity index (χ1n) is 6.81. The molecule has 1 N–H and O–H groups in total. The fourth-order valence-electron chi connectivity index (χ4n) is 1.83. The van der Waals surface area contributed by atoms with Crippen LogP contribution in [0.15, 0.2) is 48.5 Å². The summed E-state index contributed by atoms with van der Waals surface area (Å²) in [7, 11) is 1.58. The van der Waals surface area contributed by atoms with Gasteiger partial charge < -0.3 is 14.8 Å². The third kappa shape index (κ3) is 4.15. The molecule has 1 amide bonds. The van der Waals surface area contributed by atoms with Gasteiger partial charge in [0, 0.05) is 16.8 Å². The number of anilines is 1. The van der Waals surface area contributed by atoms with Crippen LogP contribution in [0.2, 0.25) is 5.02 Å². The Hall–Kier alpha value is -2.20. The first-order valence-corrected chi connectivity index (χ1v) is 7.18. The Labute approximate surface area is 135 Å². The first kappa shape index (κ1) is 16.2. The molecule has 0 saturated carbocycles. The van der Waals surface area contributed by atoms with Crippen LogP contribution in [0.25, 0.3) is 0 Å². The molecule has 0 heterocycles. The molecular weight excluding hydrogens is 302 g/mol. The molecule has 116 valence electrons. The van der Waals surface area contributed by atoms with Gasteiger partial charge in [-0.2, -0.15) is 0 Å². The summed E-state index contributed by atoms with van der Waals surface area (Å²) >= 11 is 5.83. The van der Waals surface area contributed by atoms with E-state index < -0.39 is 5.60 Å². The number of hydrogen-bond donors (Lipinski definition) is 1. The molecule has 4 nitrogen and oxygen atoms in total. The minimum atomic E-state index is -1.03. The molecule has 0 atom stereocenters. The van der Waals surface area contributed by atoms with Crippen molar-refractivity contribution in [3.63, 3.8) is 0 Å². The Bertz CT molecular complexity index is 653. The second-order valence-corrected chi connectivity index (χ2v) is 5.69. The first-order chi connectivity index (χ1) is 10.4. The van der Waals surface area contributed by atoms with Crippen LogP contribution in [0.4, 0.5) is 5.69 Å². The highest BCUT2D eigenvalue weighted by atomic mass is 35.5. The molecule has 0 aromatic heterocycles. The molecule has 0 fully saturated rings. The van der Waals surface area contributed by atoms with Crippen LogP contribution in [0.3, 0.4) is 0 Å². The number of rotatable bonds is 5. The van der Waals surface area contributed by atoms with Crippen LogP contribution in [-0.4, -0.2) is 18.6 Å². The summed E-state index contributed by atoms with van der Waals surface area (Å²) < 4.78 is 10.9. The highest BCUT2D eigenvalue weighted by molar-refractivity contribution is 6.30. The Balaban J connectivity index is 2.07. The van der Waals surface area contributed by atoms with E-state index in [2.05, 4.69) is 5.32 Å². The zero-order chi connectivity index (χ0) is 16.2. The van der Waals surface area contributed by atoms with Crippen molar-refractivity contribution in [1.82, 2.24) is 0 Å². The molecule has 0 saturated heterocycles. The minimum absolute atomic E-state index is 0.254. The molecule has 0 spiro atoms. The number of methoxy groups -OCH3 is 1. The lowest BCUT2D eigenvalue weighted by molar-refractivity contribution is -0.128. The van der Waals surface area contributed by atoms with Gasteiger partial charge in [0.1, 0.15) is 11.5 Å². The van der Waals surface area contributed by atoms with E-state index in [1.165, 1.54) is 0 Å². The lowest BCUT2D eigenvalue weighted by atomic mass is 10.1. The van der Waals surface area contributed by atoms with Crippen LogP contribution >= 0.6 is 11.6 Å². The van der Waals surface area contributed by atoms with E-state index in [1.807, 2.05) is 12.1 Å². The number of carbonyl (C=O) groups is 1. The van der Waals surface area contributed by atoms with Crippen LogP contribution in [0.1, 0.15) is 13.8 Å². The van der Waals surface area contributed by atoms with Crippen LogP contribution < -0.4 is 14.8 Å². The van der Waals surface area contributed by atoms with Crippen molar-refractivity contribution in [2.75, 3.05) is 12.4 Å². The minimum Gasteiger partial charge on any atom is -0.497 e. The number of carbonyl (C=O) groups excluding carboxylic acids is 1. The van der Waals surface area contributed by atoms with Crippen molar-refractivity contribution in [3.05, 3.63) is 53.6 Å². The molecular formula is C17H18ClNO3. The third-order valence-electron chi connectivity index (χ3n) is 3.06. The lowest BCUT2D eigenvalue weighted by Crippen LogP contribution is -2.42. The standard InChI is InChI=1S/C17H18ClNO3/c1-17(2,22-14-9-7-12(18)8-10-14)16(20)19-13-5-4-6-15(11-13)21-3/h4-11H,1-3H3,(H,19,20). The lowest BCUT2D eigenvalue weighted by Gasteiger charge is -2.25. The molecule has 0 radical (unpaired) electrons. The summed E-state index contributed by atoms with van der Waals surface area (Å²) in [6, 6.07) is 14.0. The fraction of sp³-hybridized carbons (Fsp3) is 0.235. The van der Waals surface area contributed by atoms with E-state index in [1.54, 1.807) is 57.4 Å². The number of ether oxygens (including phenoxy) is 2. The van der Waals surface area contributed by atoms with Gasteiger partial charge in [0.25, 0.3) is 5.91 Å². The molecule has 0 aliphatic rings. The quantitative estimate of drug-likeness (QED) is 0.900. The molecule has 2 aromatic carbocycles. The fourth-order valence-corrected chi connectivity index (χ4v) is 1.95. The van der Waals surface area contributed by atoms with Crippen molar-refractivity contribution >= 4 is 23.2 Å². The maximum absolute atomic E-state index is 12.4. The number of benzene rings is 2. The summed E-state index contributed by atoms with van der Waals surface area (Å²) in [5.41, 5.74) is -0.381. The summed E-state index contributed by atoms with van der Waals surface area (Å²) in [6.07, 6.45) is 0. The van der Waals surface area contributed by atoms with Gasteiger partial charge in [-0.15, -0.1) is 0 Å². The van der Waals surface area contributed by atoms with Gasteiger partial charge in [-0.25, -0.2) is 0 Å². The van der Waals surface area contributed by atoms with E-state index in [0.717, 1.165) is 0 Å². The Morgan fingerprint density at radius 1 is 1.09 bits per heavy atom. The highest BCUT2D eigenvalue weighted by Crippen LogP contribution is 2.23. The van der Waals surface area contributed by atoms with Gasteiger partial charge in [-0.3, -0.25) is 4.79 Å². The van der Waals surface area contributed by atoms with E-state index in [0.29, 0.717) is 22.2 Å². The van der Waals surface area contributed by atoms with E-state index in [4.69, 9.17) is 21.1 Å². The molecule has 22 heavy (non-hydrogen) atoms. The largest absolute Gasteiger partial charge is 0.497 e. The maximum Gasteiger partial charge on any atom is 0.267 e. The van der Waals surface area contributed by atoms with E-state index in [-0.39, 0.29) is 5.91 Å². The monoisotopic (exact) mass is 319 g/mol.